The lowest BCUT2D eigenvalue weighted by molar-refractivity contribution is 0.128. The Morgan fingerprint density at radius 1 is 1.21 bits per heavy atom. The molecule has 1 aliphatic rings. The molecule has 152 valence electrons. The predicted octanol–water partition coefficient (Wildman–Crippen LogP) is 2.65. The molecule has 0 bridgehead atoms. The fourth-order valence-corrected chi connectivity index (χ4v) is 3.60. The number of para-hydroxylation sites is 1. The van der Waals surface area contributed by atoms with Crippen LogP contribution in [0.25, 0.3) is 0 Å². The summed E-state index contributed by atoms with van der Waals surface area (Å²) >= 11 is 0. The van der Waals surface area contributed by atoms with Crippen LogP contribution in [0.15, 0.2) is 34.9 Å². The van der Waals surface area contributed by atoms with E-state index < -0.39 is 0 Å². The second-order valence-corrected chi connectivity index (χ2v) is 7.30. The van der Waals surface area contributed by atoms with Crippen LogP contribution in [0.4, 0.5) is 10.5 Å². The van der Waals surface area contributed by atoms with E-state index in [4.69, 9.17) is 4.52 Å². The van der Waals surface area contributed by atoms with E-state index in [2.05, 4.69) is 58.4 Å². The highest BCUT2D eigenvalue weighted by Crippen LogP contribution is 2.18. The van der Waals surface area contributed by atoms with Crippen LogP contribution in [0.2, 0.25) is 0 Å². The van der Waals surface area contributed by atoms with Gasteiger partial charge in [0, 0.05) is 57.6 Å². The summed E-state index contributed by atoms with van der Waals surface area (Å²) < 4.78 is 5.28. The molecular formula is C21H31N5O2. The SMILES string of the molecule is CCN(CCNC(=O)N1CCN(Cc2cc(C)no2)CC1)c1ccccc1C. The minimum absolute atomic E-state index is 0.0241. The number of anilines is 1. The largest absolute Gasteiger partial charge is 0.370 e. The number of urea groups is 1. The van der Waals surface area contributed by atoms with E-state index in [1.54, 1.807) is 0 Å². The van der Waals surface area contributed by atoms with Gasteiger partial charge in [-0.1, -0.05) is 23.4 Å². The first kappa shape index (κ1) is 20.2. The Kier molecular flexibility index (Phi) is 6.92. The number of amides is 2. The van der Waals surface area contributed by atoms with E-state index in [1.807, 2.05) is 17.9 Å². The standard InChI is InChI=1S/C21H31N5O2/c1-4-25(20-8-6-5-7-17(20)2)10-9-22-21(27)26-13-11-24(12-14-26)16-19-15-18(3)23-28-19/h5-8,15H,4,9-14,16H2,1-3H3,(H,22,27). The van der Waals surface area contributed by atoms with Crippen molar-refractivity contribution in [3.8, 4) is 0 Å². The zero-order valence-corrected chi connectivity index (χ0v) is 17.1. The third-order valence-corrected chi connectivity index (χ3v) is 5.21. The Balaban J connectivity index is 1.40. The van der Waals surface area contributed by atoms with Crippen molar-refractivity contribution in [1.82, 2.24) is 20.3 Å². The van der Waals surface area contributed by atoms with Crippen molar-refractivity contribution >= 4 is 11.7 Å². The van der Waals surface area contributed by atoms with Crippen molar-refractivity contribution in [1.29, 1.82) is 0 Å². The smallest absolute Gasteiger partial charge is 0.317 e. The van der Waals surface area contributed by atoms with Crippen LogP contribution < -0.4 is 10.2 Å². The number of carbonyl (C=O) groups excluding carboxylic acids is 1. The van der Waals surface area contributed by atoms with E-state index in [9.17, 15) is 4.79 Å². The molecule has 1 aliphatic heterocycles. The Morgan fingerprint density at radius 2 is 1.96 bits per heavy atom. The van der Waals surface area contributed by atoms with E-state index >= 15 is 0 Å². The molecule has 1 aromatic heterocycles. The van der Waals surface area contributed by atoms with E-state index in [1.165, 1.54) is 11.3 Å². The molecule has 2 aromatic rings. The van der Waals surface area contributed by atoms with Gasteiger partial charge in [0.25, 0.3) is 0 Å². The Hall–Kier alpha value is -2.54. The fraction of sp³-hybridized carbons (Fsp3) is 0.524. The molecule has 28 heavy (non-hydrogen) atoms. The molecule has 3 rings (SSSR count). The minimum Gasteiger partial charge on any atom is -0.370 e. The van der Waals surface area contributed by atoms with Crippen LogP contribution in [0.1, 0.15) is 23.9 Å². The molecule has 0 saturated carbocycles. The number of carbonyl (C=O) groups is 1. The predicted molar refractivity (Wildman–Crippen MR) is 111 cm³/mol. The van der Waals surface area contributed by atoms with Gasteiger partial charge in [-0.05, 0) is 32.4 Å². The summed E-state index contributed by atoms with van der Waals surface area (Å²) in [6, 6.07) is 10.4. The summed E-state index contributed by atoms with van der Waals surface area (Å²) in [6.07, 6.45) is 0. The summed E-state index contributed by atoms with van der Waals surface area (Å²) in [7, 11) is 0. The lowest BCUT2D eigenvalue weighted by atomic mass is 10.2. The highest BCUT2D eigenvalue weighted by atomic mass is 16.5. The van der Waals surface area contributed by atoms with Crippen LogP contribution >= 0.6 is 0 Å². The molecule has 0 spiro atoms. The first-order valence-corrected chi connectivity index (χ1v) is 10.0. The average molecular weight is 386 g/mol. The number of likely N-dealkylation sites (N-methyl/N-ethyl adjacent to an activating group) is 1. The maximum absolute atomic E-state index is 12.5. The molecule has 2 amide bonds. The van der Waals surface area contributed by atoms with Crippen LogP contribution in [-0.2, 0) is 6.54 Å². The Morgan fingerprint density at radius 3 is 2.61 bits per heavy atom. The van der Waals surface area contributed by atoms with Crippen LogP contribution in [0, 0.1) is 13.8 Å². The molecule has 1 N–H and O–H groups in total. The monoisotopic (exact) mass is 385 g/mol. The lowest BCUT2D eigenvalue weighted by Crippen LogP contribution is -2.52. The fourth-order valence-electron chi connectivity index (χ4n) is 3.60. The number of hydrogen-bond acceptors (Lipinski definition) is 5. The molecule has 7 nitrogen and oxygen atoms in total. The topological polar surface area (TPSA) is 64.9 Å². The van der Waals surface area contributed by atoms with Crippen molar-refractivity contribution in [2.45, 2.75) is 27.3 Å². The number of aromatic nitrogens is 1. The van der Waals surface area contributed by atoms with Crippen LogP contribution in [0.3, 0.4) is 0 Å². The number of hydrogen-bond donors (Lipinski definition) is 1. The summed E-state index contributed by atoms with van der Waals surface area (Å²) in [5.74, 6) is 0.881. The second kappa shape index (κ2) is 9.59. The molecule has 1 fully saturated rings. The van der Waals surface area contributed by atoms with Crippen molar-refractivity contribution in [2.75, 3.05) is 50.7 Å². The van der Waals surface area contributed by atoms with Crippen LogP contribution in [0.5, 0.6) is 0 Å². The summed E-state index contributed by atoms with van der Waals surface area (Å²) in [4.78, 5) is 19.0. The minimum atomic E-state index is 0.0241. The van der Waals surface area contributed by atoms with E-state index in [0.29, 0.717) is 6.54 Å². The molecular weight excluding hydrogens is 354 g/mol. The number of aryl methyl sites for hydroxylation is 2. The van der Waals surface area contributed by atoms with E-state index in [0.717, 1.165) is 57.3 Å². The number of nitrogens with zero attached hydrogens (tertiary/aromatic N) is 4. The summed E-state index contributed by atoms with van der Waals surface area (Å²) in [5, 5.41) is 7.00. The van der Waals surface area contributed by atoms with Gasteiger partial charge in [0.1, 0.15) is 0 Å². The third kappa shape index (κ3) is 5.25. The molecule has 2 heterocycles. The zero-order chi connectivity index (χ0) is 19.9. The number of rotatable bonds is 7. The number of piperazine rings is 1. The second-order valence-electron chi connectivity index (χ2n) is 7.30. The summed E-state index contributed by atoms with van der Waals surface area (Å²) in [6.45, 7) is 12.4. The molecule has 0 unspecified atom stereocenters. The molecule has 0 atom stereocenters. The quantitative estimate of drug-likeness (QED) is 0.794. The van der Waals surface area contributed by atoms with Crippen LogP contribution in [-0.4, -0.2) is 66.8 Å². The highest BCUT2D eigenvalue weighted by Gasteiger charge is 2.22. The van der Waals surface area contributed by atoms with Gasteiger partial charge < -0.3 is 19.6 Å². The average Bonchev–Trinajstić information content (AvgIpc) is 3.11. The first-order chi connectivity index (χ1) is 13.6. The summed E-state index contributed by atoms with van der Waals surface area (Å²) in [5.41, 5.74) is 3.39. The van der Waals surface area contributed by atoms with Gasteiger partial charge in [0.05, 0.1) is 12.2 Å². The molecule has 0 aliphatic carbocycles. The maximum Gasteiger partial charge on any atom is 0.317 e. The van der Waals surface area contributed by atoms with Gasteiger partial charge in [-0.3, -0.25) is 4.90 Å². The molecule has 7 heteroatoms. The number of benzene rings is 1. The third-order valence-electron chi connectivity index (χ3n) is 5.21. The lowest BCUT2D eigenvalue weighted by Gasteiger charge is -2.34. The zero-order valence-electron chi connectivity index (χ0n) is 17.1. The number of nitrogens with one attached hydrogen (secondary N) is 1. The first-order valence-electron chi connectivity index (χ1n) is 10.0. The van der Waals surface area contributed by atoms with Gasteiger partial charge in [0.15, 0.2) is 5.76 Å². The van der Waals surface area contributed by atoms with Gasteiger partial charge in [-0.2, -0.15) is 0 Å². The van der Waals surface area contributed by atoms with Crippen molar-refractivity contribution in [2.24, 2.45) is 0 Å². The van der Waals surface area contributed by atoms with Gasteiger partial charge in [-0.15, -0.1) is 0 Å². The molecule has 0 radical (unpaired) electrons. The van der Waals surface area contributed by atoms with Gasteiger partial charge in [-0.25, -0.2) is 4.79 Å². The van der Waals surface area contributed by atoms with Gasteiger partial charge in [0.2, 0.25) is 0 Å². The Bertz CT molecular complexity index is 768. The normalized spacial score (nSPS) is 14.9. The van der Waals surface area contributed by atoms with E-state index in [-0.39, 0.29) is 6.03 Å². The van der Waals surface area contributed by atoms with Crippen molar-refractivity contribution in [3.05, 3.63) is 47.3 Å². The van der Waals surface area contributed by atoms with Gasteiger partial charge >= 0.3 is 6.03 Å². The van der Waals surface area contributed by atoms with Crippen molar-refractivity contribution < 1.29 is 9.32 Å². The highest BCUT2D eigenvalue weighted by molar-refractivity contribution is 5.74. The Labute approximate surface area is 167 Å². The maximum atomic E-state index is 12.5. The molecule has 1 saturated heterocycles. The van der Waals surface area contributed by atoms with Crippen molar-refractivity contribution in [3.63, 3.8) is 0 Å². The molecule has 1 aromatic carbocycles.